The van der Waals surface area contributed by atoms with Gasteiger partial charge in [-0.1, -0.05) is 0 Å². The second-order valence-corrected chi connectivity index (χ2v) is 4.86. The summed E-state index contributed by atoms with van der Waals surface area (Å²) in [6.45, 7) is 6.96. The second-order valence-electron chi connectivity index (χ2n) is 4.86. The van der Waals surface area contributed by atoms with Gasteiger partial charge in [-0.15, -0.1) is 0 Å². The lowest BCUT2D eigenvalue weighted by atomic mass is 10.1. The molecule has 86 valence electrons. The van der Waals surface area contributed by atoms with Crippen LogP contribution in [0, 0.1) is 0 Å². The van der Waals surface area contributed by atoms with E-state index in [1.54, 1.807) is 0 Å². The average molecular weight is 211 g/mol. The van der Waals surface area contributed by atoms with E-state index >= 15 is 0 Å². The lowest BCUT2D eigenvalue weighted by Gasteiger charge is -2.37. The number of amides is 1. The van der Waals surface area contributed by atoms with Crippen LogP contribution in [0.2, 0.25) is 0 Å². The molecule has 1 amide bonds. The molecule has 15 heavy (non-hydrogen) atoms. The summed E-state index contributed by atoms with van der Waals surface area (Å²) in [6, 6.07) is 0.917. The molecule has 2 N–H and O–H groups in total. The summed E-state index contributed by atoms with van der Waals surface area (Å²) in [4.78, 5) is 14.1. The van der Waals surface area contributed by atoms with Crippen LogP contribution in [0.25, 0.3) is 0 Å². The van der Waals surface area contributed by atoms with Crippen LogP contribution < -0.4 is 10.6 Å². The predicted molar refractivity (Wildman–Crippen MR) is 59.7 cm³/mol. The molecule has 2 saturated heterocycles. The highest BCUT2D eigenvalue weighted by atomic mass is 16.2. The zero-order chi connectivity index (χ0) is 10.8. The molecule has 4 nitrogen and oxygen atoms in total. The molecule has 0 bridgehead atoms. The van der Waals surface area contributed by atoms with Gasteiger partial charge in [-0.2, -0.15) is 0 Å². The minimum atomic E-state index is 0.0856. The summed E-state index contributed by atoms with van der Waals surface area (Å²) in [5.74, 6) is 0.299. The van der Waals surface area contributed by atoms with Crippen molar-refractivity contribution in [3.8, 4) is 0 Å². The zero-order valence-corrected chi connectivity index (χ0v) is 9.62. The van der Waals surface area contributed by atoms with Gasteiger partial charge in [-0.25, -0.2) is 0 Å². The first-order valence-corrected chi connectivity index (χ1v) is 5.95. The fourth-order valence-electron chi connectivity index (χ4n) is 2.62. The third kappa shape index (κ3) is 2.49. The minimum absolute atomic E-state index is 0.0856. The maximum Gasteiger partial charge on any atom is 0.239 e. The summed E-state index contributed by atoms with van der Waals surface area (Å²) in [7, 11) is 0. The topological polar surface area (TPSA) is 44.4 Å². The van der Waals surface area contributed by atoms with Crippen molar-refractivity contribution in [3.63, 3.8) is 0 Å². The monoisotopic (exact) mass is 211 g/mol. The van der Waals surface area contributed by atoms with Crippen LogP contribution in [-0.2, 0) is 4.79 Å². The van der Waals surface area contributed by atoms with Crippen LogP contribution in [-0.4, -0.2) is 48.6 Å². The number of hydrogen-bond donors (Lipinski definition) is 2. The van der Waals surface area contributed by atoms with E-state index in [4.69, 9.17) is 0 Å². The molecule has 2 fully saturated rings. The first kappa shape index (κ1) is 10.9. The molecule has 0 aromatic rings. The molecule has 0 spiro atoms. The quantitative estimate of drug-likeness (QED) is 0.639. The summed E-state index contributed by atoms with van der Waals surface area (Å²) in [5, 5.41) is 6.71. The van der Waals surface area contributed by atoms with E-state index in [-0.39, 0.29) is 6.04 Å². The average Bonchev–Trinajstić information content (AvgIpc) is 2.67. The number of nitrogens with zero attached hydrogens (tertiary/aromatic N) is 1. The molecule has 2 aliphatic rings. The van der Waals surface area contributed by atoms with Crippen molar-refractivity contribution >= 4 is 5.91 Å². The Kier molecular flexibility index (Phi) is 3.26. The van der Waals surface area contributed by atoms with Gasteiger partial charge in [0.05, 0.1) is 6.04 Å². The molecule has 0 radical (unpaired) electrons. The van der Waals surface area contributed by atoms with Crippen LogP contribution in [0.15, 0.2) is 0 Å². The Morgan fingerprint density at radius 3 is 2.47 bits per heavy atom. The normalized spacial score (nSPS) is 36.9. The Morgan fingerprint density at radius 1 is 1.27 bits per heavy atom. The highest BCUT2D eigenvalue weighted by Gasteiger charge is 2.30. The molecule has 2 rings (SSSR count). The van der Waals surface area contributed by atoms with E-state index in [1.165, 1.54) is 0 Å². The SMILES string of the molecule is CC1CN(C(=O)[C@@H]2CCCN2)CC(C)N1. The van der Waals surface area contributed by atoms with Crippen molar-refractivity contribution in [3.05, 3.63) is 0 Å². The number of carbonyl (C=O) groups is 1. The van der Waals surface area contributed by atoms with Gasteiger partial charge in [0.2, 0.25) is 5.91 Å². The summed E-state index contributed by atoms with van der Waals surface area (Å²) >= 11 is 0. The van der Waals surface area contributed by atoms with Gasteiger partial charge in [-0.05, 0) is 33.2 Å². The van der Waals surface area contributed by atoms with E-state index in [1.807, 2.05) is 4.90 Å². The Labute approximate surface area is 91.4 Å². The number of piperazine rings is 1. The van der Waals surface area contributed by atoms with Crippen LogP contribution in [0.5, 0.6) is 0 Å². The lowest BCUT2D eigenvalue weighted by molar-refractivity contribution is -0.134. The van der Waals surface area contributed by atoms with Crippen LogP contribution in [0.3, 0.4) is 0 Å². The van der Waals surface area contributed by atoms with Gasteiger partial charge in [-0.3, -0.25) is 4.79 Å². The molecule has 4 heteroatoms. The number of carbonyl (C=O) groups excluding carboxylic acids is 1. The van der Waals surface area contributed by atoms with E-state index in [2.05, 4.69) is 24.5 Å². The molecular weight excluding hydrogens is 190 g/mol. The number of nitrogens with one attached hydrogen (secondary N) is 2. The van der Waals surface area contributed by atoms with Gasteiger partial charge >= 0.3 is 0 Å². The van der Waals surface area contributed by atoms with E-state index < -0.39 is 0 Å². The van der Waals surface area contributed by atoms with Crippen molar-refractivity contribution in [1.29, 1.82) is 0 Å². The third-order valence-electron chi connectivity index (χ3n) is 3.23. The van der Waals surface area contributed by atoms with Crippen LogP contribution in [0.1, 0.15) is 26.7 Å². The fourth-order valence-corrected chi connectivity index (χ4v) is 2.62. The molecule has 0 aromatic carbocycles. The predicted octanol–water partition coefficient (Wildman–Crippen LogP) is -0.0528. The van der Waals surface area contributed by atoms with Crippen molar-refractivity contribution in [2.45, 2.75) is 44.8 Å². The first-order valence-electron chi connectivity index (χ1n) is 5.95. The van der Waals surface area contributed by atoms with Gasteiger partial charge < -0.3 is 15.5 Å². The number of rotatable bonds is 1. The molecule has 0 aromatic heterocycles. The van der Waals surface area contributed by atoms with Gasteiger partial charge in [0.25, 0.3) is 0 Å². The smallest absolute Gasteiger partial charge is 0.239 e. The van der Waals surface area contributed by atoms with Gasteiger partial charge in [0.1, 0.15) is 0 Å². The van der Waals surface area contributed by atoms with Crippen molar-refractivity contribution in [2.24, 2.45) is 0 Å². The molecule has 2 unspecified atom stereocenters. The maximum absolute atomic E-state index is 12.1. The summed E-state index contributed by atoms with van der Waals surface area (Å²) in [5.41, 5.74) is 0. The Morgan fingerprint density at radius 2 is 1.93 bits per heavy atom. The van der Waals surface area contributed by atoms with E-state index in [0.717, 1.165) is 32.5 Å². The first-order chi connectivity index (χ1) is 7.16. The number of hydrogen-bond acceptors (Lipinski definition) is 3. The van der Waals surface area contributed by atoms with E-state index in [9.17, 15) is 4.79 Å². The Hall–Kier alpha value is -0.610. The van der Waals surface area contributed by atoms with Gasteiger partial charge in [0.15, 0.2) is 0 Å². The van der Waals surface area contributed by atoms with Crippen molar-refractivity contribution < 1.29 is 4.79 Å². The van der Waals surface area contributed by atoms with E-state index in [0.29, 0.717) is 18.0 Å². The van der Waals surface area contributed by atoms with Crippen molar-refractivity contribution in [1.82, 2.24) is 15.5 Å². The Balaban J connectivity index is 1.93. The molecule has 0 aliphatic carbocycles. The maximum atomic E-state index is 12.1. The molecule has 3 atom stereocenters. The molecule has 2 aliphatic heterocycles. The summed E-state index contributed by atoms with van der Waals surface area (Å²) in [6.07, 6.45) is 2.14. The summed E-state index contributed by atoms with van der Waals surface area (Å²) < 4.78 is 0. The van der Waals surface area contributed by atoms with Crippen molar-refractivity contribution in [2.75, 3.05) is 19.6 Å². The zero-order valence-electron chi connectivity index (χ0n) is 9.62. The molecular formula is C11H21N3O. The second kappa shape index (κ2) is 4.49. The fraction of sp³-hybridized carbons (Fsp3) is 0.909. The molecule has 2 heterocycles. The molecule has 0 saturated carbocycles. The van der Waals surface area contributed by atoms with Crippen LogP contribution >= 0.6 is 0 Å². The highest BCUT2D eigenvalue weighted by Crippen LogP contribution is 2.12. The third-order valence-corrected chi connectivity index (χ3v) is 3.23. The standard InChI is InChI=1S/C11H21N3O/c1-8-6-14(7-9(2)13-8)11(15)10-4-3-5-12-10/h8-10,12-13H,3-7H2,1-2H3/t8?,9?,10-/m0/s1. The lowest BCUT2D eigenvalue weighted by Crippen LogP contribution is -2.58. The largest absolute Gasteiger partial charge is 0.338 e. The van der Waals surface area contributed by atoms with Gasteiger partial charge in [0, 0.05) is 25.2 Å². The minimum Gasteiger partial charge on any atom is -0.338 e. The highest BCUT2D eigenvalue weighted by molar-refractivity contribution is 5.82. The van der Waals surface area contributed by atoms with Crippen LogP contribution in [0.4, 0.5) is 0 Å². The Bertz CT molecular complexity index is 228.